The molecule has 5 heteroatoms. The average Bonchev–Trinajstić information content (AvgIpc) is 2.88. The second kappa shape index (κ2) is 5.75. The second-order valence-corrected chi connectivity index (χ2v) is 5.53. The molecule has 0 fully saturated rings. The number of hydrogen-bond acceptors (Lipinski definition) is 3. The van der Waals surface area contributed by atoms with Crippen LogP contribution in [-0.4, -0.2) is 34.1 Å². The van der Waals surface area contributed by atoms with E-state index >= 15 is 0 Å². The van der Waals surface area contributed by atoms with E-state index < -0.39 is 0 Å². The Bertz CT molecular complexity index is 538. The van der Waals surface area contributed by atoms with Gasteiger partial charge >= 0.3 is 0 Å². The Morgan fingerprint density at radius 3 is 2.89 bits per heavy atom. The highest BCUT2D eigenvalue weighted by atomic mass is 79.9. The Balaban J connectivity index is 1.47. The van der Waals surface area contributed by atoms with Gasteiger partial charge in [0.05, 0.1) is 6.54 Å². The van der Waals surface area contributed by atoms with Crippen LogP contribution in [0, 0.1) is 0 Å². The summed E-state index contributed by atoms with van der Waals surface area (Å²) in [6.45, 7) is 4.64. The summed E-state index contributed by atoms with van der Waals surface area (Å²) >= 11 is 3.41. The molecule has 2 heterocycles. The molecule has 19 heavy (non-hydrogen) atoms. The molecule has 2 aromatic rings. The van der Waals surface area contributed by atoms with Crippen LogP contribution in [0.4, 0.5) is 0 Å². The summed E-state index contributed by atoms with van der Waals surface area (Å²) in [5.74, 6) is 2.07. The highest BCUT2D eigenvalue weighted by molar-refractivity contribution is 9.10. The number of imidazole rings is 1. The predicted molar refractivity (Wildman–Crippen MR) is 77.1 cm³/mol. The molecule has 0 unspecified atom stereocenters. The molecule has 1 aromatic heterocycles. The fourth-order valence-electron chi connectivity index (χ4n) is 2.24. The van der Waals surface area contributed by atoms with Crippen LogP contribution in [0.3, 0.4) is 0 Å². The van der Waals surface area contributed by atoms with Crippen molar-refractivity contribution in [3.63, 3.8) is 0 Å². The van der Waals surface area contributed by atoms with E-state index in [1.165, 1.54) is 0 Å². The third kappa shape index (κ3) is 3.16. The molecular formula is C14H16BrN3O. The lowest BCUT2D eigenvalue weighted by Crippen LogP contribution is -2.36. The summed E-state index contributed by atoms with van der Waals surface area (Å²) in [5, 5.41) is 0. The van der Waals surface area contributed by atoms with Crippen LogP contribution in [0.15, 0.2) is 41.1 Å². The molecule has 1 aliphatic rings. The first-order valence-electron chi connectivity index (χ1n) is 6.42. The van der Waals surface area contributed by atoms with Gasteiger partial charge in [0.25, 0.3) is 0 Å². The first-order valence-corrected chi connectivity index (χ1v) is 7.21. The SMILES string of the molecule is Brc1ccc(OCCN2CCn3ccnc3C2)cc1. The largest absolute Gasteiger partial charge is 0.492 e. The van der Waals surface area contributed by atoms with Crippen LogP contribution >= 0.6 is 15.9 Å². The van der Waals surface area contributed by atoms with E-state index in [-0.39, 0.29) is 0 Å². The molecule has 100 valence electrons. The van der Waals surface area contributed by atoms with Crippen LogP contribution in [-0.2, 0) is 13.1 Å². The second-order valence-electron chi connectivity index (χ2n) is 4.62. The van der Waals surface area contributed by atoms with Gasteiger partial charge in [-0.1, -0.05) is 15.9 Å². The lowest BCUT2D eigenvalue weighted by atomic mass is 10.3. The molecule has 1 aromatic carbocycles. The number of ether oxygens (including phenoxy) is 1. The molecule has 0 amide bonds. The minimum Gasteiger partial charge on any atom is -0.492 e. The van der Waals surface area contributed by atoms with Gasteiger partial charge in [-0.15, -0.1) is 0 Å². The summed E-state index contributed by atoms with van der Waals surface area (Å²) in [4.78, 5) is 6.73. The van der Waals surface area contributed by atoms with Gasteiger partial charge in [0.15, 0.2) is 0 Å². The number of hydrogen-bond donors (Lipinski definition) is 0. The standard InChI is InChI=1S/C14H16BrN3O/c15-12-1-3-13(4-2-12)19-10-9-17-7-8-18-6-5-16-14(18)11-17/h1-6H,7-11H2. The summed E-state index contributed by atoms with van der Waals surface area (Å²) < 4.78 is 9.03. The smallest absolute Gasteiger partial charge is 0.122 e. The van der Waals surface area contributed by atoms with E-state index in [4.69, 9.17) is 4.74 Å². The molecule has 4 nitrogen and oxygen atoms in total. The van der Waals surface area contributed by atoms with E-state index in [1.54, 1.807) is 0 Å². The van der Waals surface area contributed by atoms with Gasteiger partial charge in [0, 0.05) is 36.5 Å². The van der Waals surface area contributed by atoms with Crippen LogP contribution in [0.25, 0.3) is 0 Å². The van der Waals surface area contributed by atoms with Gasteiger partial charge < -0.3 is 9.30 Å². The molecule has 3 rings (SSSR count). The van der Waals surface area contributed by atoms with E-state index in [9.17, 15) is 0 Å². The van der Waals surface area contributed by atoms with Gasteiger partial charge in [-0.2, -0.15) is 0 Å². The molecule has 0 bridgehead atoms. The number of rotatable bonds is 4. The number of halogens is 1. The zero-order chi connectivity index (χ0) is 13.1. The predicted octanol–water partition coefficient (Wildman–Crippen LogP) is 2.54. The lowest BCUT2D eigenvalue weighted by molar-refractivity contribution is 0.175. The minimum atomic E-state index is 0.711. The van der Waals surface area contributed by atoms with Crippen molar-refractivity contribution in [1.82, 2.24) is 14.5 Å². The molecule has 0 radical (unpaired) electrons. The molecule has 1 aliphatic heterocycles. The molecule has 0 N–H and O–H groups in total. The molecule has 0 saturated carbocycles. The first-order chi connectivity index (χ1) is 9.31. The monoisotopic (exact) mass is 321 g/mol. The van der Waals surface area contributed by atoms with Crippen molar-refractivity contribution >= 4 is 15.9 Å². The van der Waals surface area contributed by atoms with Gasteiger partial charge in [0.2, 0.25) is 0 Å². The fraction of sp³-hybridized carbons (Fsp3) is 0.357. The Hall–Kier alpha value is -1.33. The lowest BCUT2D eigenvalue weighted by Gasteiger charge is -2.27. The van der Waals surface area contributed by atoms with Crippen molar-refractivity contribution in [1.29, 1.82) is 0 Å². The quantitative estimate of drug-likeness (QED) is 0.867. The van der Waals surface area contributed by atoms with Gasteiger partial charge in [-0.3, -0.25) is 4.90 Å². The van der Waals surface area contributed by atoms with Crippen molar-refractivity contribution < 1.29 is 4.74 Å². The van der Waals surface area contributed by atoms with E-state index in [2.05, 4.69) is 30.4 Å². The minimum absolute atomic E-state index is 0.711. The average molecular weight is 322 g/mol. The van der Waals surface area contributed by atoms with Gasteiger partial charge in [0.1, 0.15) is 18.2 Å². The zero-order valence-corrected chi connectivity index (χ0v) is 12.2. The Labute approximate surface area is 121 Å². The topological polar surface area (TPSA) is 30.3 Å². The number of fused-ring (bicyclic) bond motifs is 1. The summed E-state index contributed by atoms with van der Waals surface area (Å²) in [5.41, 5.74) is 0. The molecular weight excluding hydrogens is 306 g/mol. The van der Waals surface area contributed by atoms with Crippen LogP contribution in [0.5, 0.6) is 5.75 Å². The van der Waals surface area contributed by atoms with Gasteiger partial charge in [-0.05, 0) is 24.3 Å². The van der Waals surface area contributed by atoms with Crippen molar-refractivity contribution in [3.8, 4) is 5.75 Å². The number of benzene rings is 1. The van der Waals surface area contributed by atoms with E-state index in [0.717, 1.165) is 42.2 Å². The fourth-order valence-corrected chi connectivity index (χ4v) is 2.50. The zero-order valence-electron chi connectivity index (χ0n) is 10.6. The van der Waals surface area contributed by atoms with Crippen molar-refractivity contribution in [2.45, 2.75) is 13.1 Å². The normalized spacial score (nSPS) is 15.2. The molecule has 0 aliphatic carbocycles. The Morgan fingerprint density at radius 2 is 2.05 bits per heavy atom. The van der Waals surface area contributed by atoms with Crippen molar-refractivity contribution in [2.75, 3.05) is 19.7 Å². The maximum atomic E-state index is 5.74. The highest BCUT2D eigenvalue weighted by Gasteiger charge is 2.15. The molecule has 0 spiro atoms. The third-order valence-electron chi connectivity index (χ3n) is 3.31. The Kier molecular flexibility index (Phi) is 3.84. The third-order valence-corrected chi connectivity index (χ3v) is 3.84. The van der Waals surface area contributed by atoms with Crippen molar-refractivity contribution in [3.05, 3.63) is 47.0 Å². The van der Waals surface area contributed by atoms with Crippen LogP contribution < -0.4 is 4.74 Å². The molecule has 0 saturated heterocycles. The maximum Gasteiger partial charge on any atom is 0.122 e. The van der Waals surface area contributed by atoms with E-state index in [0.29, 0.717) is 6.61 Å². The summed E-state index contributed by atoms with van der Waals surface area (Å²) in [6.07, 6.45) is 3.92. The van der Waals surface area contributed by atoms with Crippen LogP contribution in [0.2, 0.25) is 0 Å². The Morgan fingerprint density at radius 1 is 1.21 bits per heavy atom. The molecule has 0 atom stereocenters. The number of nitrogens with zero attached hydrogens (tertiary/aromatic N) is 3. The maximum absolute atomic E-state index is 5.74. The van der Waals surface area contributed by atoms with Crippen LogP contribution in [0.1, 0.15) is 5.82 Å². The highest BCUT2D eigenvalue weighted by Crippen LogP contribution is 2.16. The number of aromatic nitrogens is 2. The van der Waals surface area contributed by atoms with E-state index in [1.807, 2.05) is 36.7 Å². The summed E-state index contributed by atoms with van der Waals surface area (Å²) in [6, 6.07) is 7.94. The van der Waals surface area contributed by atoms with Crippen molar-refractivity contribution in [2.24, 2.45) is 0 Å². The first kappa shape index (κ1) is 12.7. The summed E-state index contributed by atoms with van der Waals surface area (Å²) in [7, 11) is 0. The van der Waals surface area contributed by atoms with Gasteiger partial charge in [-0.25, -0.2) is 4.98 Å².